The van der Waals surface area contributed by atoms with Crippen molar-refractivity contribution in [1.82, 2.24) is 5.32 Å². The number of hydrogen-bond donors (Lipinski definition) is 2. The van der Waals surface area contributed by atoms with Crippen LogP contribution in [-0.2, 0) is 0 Å². The van der Waals surface area contributed by atoms with E-state index in [2.05, 4.69) is 11.2 Å². The van der Waals surface area contributed by atoms with E-state index < -0.39 is 5.97 Å². The highest BCUT2D eigenvalue weighted by Gasteiger charge is 2.12. The molecule has 0 saturated heterocycles. The SMILES string of the molecule is C#CCNC(C)c1ccc(C(=O)O)o1. The average Bonchev–Trinajstić information content (AvgIpc) is 2.62. The Kier molecular flexibility index (Phi) is 3.32. The molecule has 0 saturated carbocycles. The van der Waals surface area contributed by atoms with Gasteiger partial charge in [-0.15, -0.1) is 6.42 Å². The van der Waals surface area contributed by atoms with Crippen molar-refractivity contribution in [3.63, 3.8) is 0 Å². The van der Waals surface area contributed by atoms with Crippen molar-refractivity contribution < 1.29 is 14.3 Å². The van der Waals surface area contributed by atoms with E-state index in [1.807, 2.05) is 6.92 Å². The Balaban J connectivity index is 2.67. The molecule has 74 valence electrons. The second kappa shape index (κ2) is 4.49. The summed E-state index contributed by atoms with van der Waals surface area (Å²) in [5.41, 5.74) is 0. The van der Waals surface area contributed by atoms with Crippen molar-refractivity contribution in [2.75, 3.05) is 6.54 Å². The van der Waals surface area contributed by atoms with Gasteiger partial charge in [-0.1, -0.05) is 5.92 Å². The fourth-order valence-corrected chi connectivity index (χ4v) is 1.01. The van der Waals surface area contributed by atoms with Gasteiger partial charge in [0.15, 0.2) is 0 Å². The van der Waals surface area contributed by atoms with E-state index in [1.54, 1.807) is 6.07 Å². The average molecular weight is 193 g/mol. The normalized spacial score (nSPS) is 12.0. The van der Waals surface area contributed by atoms with Crippen LogP contribution in [0, 0.1) is 12.3 Å². The molecule has 1 rings (SSSR count). The third-order valence-electron chi connectivity index (χ3n) is 1.77. The quantitative estimate of drug-likeness (QED) is 0.707. The Bertz CT molecular complexity index is 362. The van der Waals surface area contributed by atoms with Gasteiger partial charge in [0.25, 0.3) is 0 Å². The first kappa shape index (κ1) is 10.4. The fraction of sp³-hybridized carbons (Fsp3) is 0.300. The minimum absolute atomic E-state index is 0.0608. The Morgan fingerprint density at radius 2 is 2.50 bits per heavy atom. The summed E-state index contributed by atoms with van der Waals surface area (Å²) in [4.78, 5) is 10.5. The van der Waals surface area contributed by atoms with E-state index >= 15 is 0 Å². The smallest absolute Gasteiger partial charge is 0.371 e. The lowest BCUT2D eigenvalue weighted by atomic mass is 10.2. The van der Waals surface area contributed by atoms with Crippen molar-refractivity contribution in [1.29, 1.82) is 0 Å². The van der Waals surface area contributed by atoms with Crippen LogP contribution in [0.2, 0.25) is 0 Å². The molecule has 1 aromatic rings. The number of terminal acetylenes is 1. The summed E-state index contributed by atoms with van der Waals surface area (Å²) in [6.45, 7) is 2.27. The molecule has 0 aliphatic rings. The molecule has 0 amide bonds. The van der Waals surface area contributed by atoms with Gasteiger partial charge >= 0.3 is 5.97 Å². The number of hydrogen-bond acceptors (Lipinski definition) is 3. The number of carboxylic acid groups (broad SMARTS) is 1. The van der Waals surface area contributed by atoms with Gasteiger partial charge in [-0.05, 0) is 19.1 Å². The van der Waals surface area contributed by atoms with Crippen molar-refractivity contribution in [3.8, 4) is 12.3 Å². The van der Waals surface area contributed by atoms with Crippen LogP contribution in [0.1, 0.15) is 29.3 Å². The Hall–Kier alpha value is -1.73. The Morgan fingerprint density at radius 3 is 3.00 bits per heavy atom. The van der Waals surface area contributed by atoms with Gasteiger partial charge in [0.2, 0.25) is 5.76 Å². The van der Waals surface area contributed by atoms with Crippen LogP contribution in [0.3, 0.4) is 0 Å². The number of nitrogens with one attached hydrogen (secondary N) is 1. The molecule has 14 heavy (non-hydrogen) atoms. The van der Waals surface area contributed by atoms with Crippen LogP contribution in [0.25, 0.3) is 0 Å². The zero-order valence-electron chi connectivity index (χ0n) is 7.78. The summed E-state index contributed by atoms with van der Waals surface area (Å²) < 4.78 is 5.07. The highest BCUT2D eigenvalue weighted by molar-refractivity contribution is 5.84. The lowest BCUT2D eigenvalue weighted by Gasteiger charge is -2.07. The predicted molar refractivity (Wildman–Crippen MR) is 50.9 cm³/mol. The lowest BCUT2D eigenvalue weighted by molar-refractivity contribution is 0.0659. The minimum Gasteiger partial charge on any atom is -0.475 e. The van der Waals surface area contributed by atoms with Gasteiger partial charge in [0.1, 0.15) is 5.76 Å². The molecular weight excluding hydrogens is 182 g/mol. The number of carbonyl (C=O) groups is 1. The molecule has 1 aromatic heterocycles. The molecule has 4 heteroatoms. The monoisotopic (exact) mass is 193 g/mol. The van der Waals surface area contributed by atoms with E-state index in [0.717, 1.165) is 0 Å². The standard InChI is InChI=1S/C10H11NO3/c1-3-6-11-7(2)8-4-5-9(14-8)10(12)13/h1,4-5,7,11H,6H2,2H3,(H,12,13). The largest absolute Gasteiger partial charge is 0.475 e. The second-order valence-electron chi connectivity index (χ2n) is 2.81. The highest BCUT2D eigenvalue weighted by Crippen LogP contribution is 2.15. The first-order valence-electron chi connectivity index (χ1n) is 4.15. The van der Waals surface area contributed by atoms with Gasteiger partial charge in [-0.3, -0.25) is 5.32 Å². The summed E-state index contributed by atoms with van der Waals surface area (Å²) in [6, 6.07) is 2.96. The zero-order valence-corrected chi connectivity index (χ0v) is 7.78. The zero-order chi connectivity index (χ0) is 10.6. The maximum Gasteiger partial charge on any atom is 0.371 e. The number of furan rings is 1. The summed E-state index contributed by atoms with van der Waals surface area (Å²) in [5.74, 6) is 1.87. The maximum atomic E-state index is 10.5. The Labute approximate surface area is 81.9 Å². The molecule has 1 heterocycles. The van der Waals surface area contributed by atoms with Gasteiger partial charge in [0, 0.05) is 0 Å². The predicted octanol–water partition coefficient (Wildman–Crippen LogP) is 1.26. The second-order valence-corrected chi connectivity index (χ2v) is 2.81. The molecule has 0 aliphatic heterocycles. The van der Waals surface area contributed by atoms with E-state index in [1.165, 1.54) is 6.07 Å². The summed E-state index contributed by atoms with van der Waals surface area (Å²) in [6.07, 6.45) is 5.07. The third kappa shape index (κ3) is 2.38. The third-order valence-corrected chi connectivity index (χ3v) is 1.77. The molecule has 0 aromatic carbocycles. The van der Waals surface area contributed by atoms with E-state index in [4.69, 9.17) is 15.9 Å². The topological polar surface area (TPSA) is 62.5 Å². The van der Waals surface area contributed by atoms with Crippen molar-refractivity contribution in [2.45, 2.75) is 13.0 Å². The molecule has 1 unspecified atom stereocenters. The fourth-order valence-electron chi connectivity index (χ4n) is 1.01. The summed E-state index contributed by atoms with van der Waals surface area (Å²) in [5, 5.41) is 11.6. The number of rotatable bonds is 4. The van der Waals surface area contributed by atoms with E-state index in [0.29, 0.717) is 12.3 Å². The molecule has 0 aliphatic carbocycles. The number of carboxylic acids is 1. The van der Waals surface area contributed by atoms with Crippen molar-refractivity contribution >= 4 is 5.97 Å². The summed E-state index contributed by atoms with van der Waals surface area (Å²) >= 11 is 0. The highest BCUT2D eigenvalue weighted by atomic mass is 16.4. The first-order chi connectivity index (χ1) is 6.65. The minimum atomic E-state index is -1.07. The van der Waals surface area contributed by atoms with Crippen LogP contribution in [0.15, 0.2) is 16.5 Å². The van der Waals surface area contributed by atoms with Crippen molar-refractivity contribution in [3.05, 3.63) is 23.7 Å². The maximum absolute atomic E-state index is 10.5. The van der Waals surface area contributed by atoms with E-state index in [9.17, 15) is 4.79 Å². The van der Waals surface area contributed by atoms with Crippen LogP contribution >= 0.6 is 0 Å². The van der Waals surface area contributed by atoms with Gasteiger partial charge in [-0.25, -0.2) is 4.79 Å². The lowest BCUT2D eigenvalue weighted by Crippen LogP contribution is -2.18. The first-order valence-corrected chi connectivity index (χ1v) is 4.15. The summed E-state index contributed by atoms with van der Waals surface area (Å²) in [7, 11) is 0. The van der Waals surface area contributed by atoms with Crippen LogP contribution in [0.5, 0.6) is 0 Å². The molecule has 0 bridgehead atoms. The van der Waals surface area contributed by atoms with E-state index in [-0.39, 0.29) is 11.8 Å². The molecule has 4 nitrogen and oxygen atoms in total. The number of aromatic carboxylic acids is 1. The molecular formula is C10H11NO3. The molecule has 0 fully saturated rings. The van der Waals surface area contributed by atoms with Gasteiger partial charge in [-0.2, -0.15) is 0 Å². The van der Waals surface area contributed by atoms with Gasteiger partial charge < -0.3 is 9.52 Å². The van der Waals surface area contributed by atoms with Gasteiger partial charge in [0.05, 0.1) is 12.6 Å². The van der Waals surface area contributed by atoms with Crippen molar-refractivity contribution in [2.24, 2.45) is 0 Å². The van der Waals surface area contributed by atoms with Crippen LogP contribution in [-0.4, -0.2) is 17.6 Å². The molecule has 0 radical (unpaired) electrons. The molecule has 2 N–H and O–H groups in total. The molecule has 0 spiro atoms. The van der Waals surface area contributed by atoms with Crippen LogP contribution in [0.4, 0.5) is 0 Å². The molecule has 1 atom stereocenters. The Morgan fingerprint density at radius 1 is 1.79 bits per heavy atom. The van der Waals surface area contributed by atoms with Crippen LogP contribution < -0.4 is 5.32 Å².